The van der Waals surface area contributed by atoms with Gasteiger partial charge in [-0.15, -0.1) is 7.92 Å². The van der Waals surface area contributed by atoms with E-state index in [0.29, 0.717) is 0 Å². The van der Waals surface area contributed by atoms with E-state index >= 15 is 0 Å². The summed E-state index contributed by atoms with van der Waals surface area (Å²) in [5.41, 5.74) is 1.05. The van der Waals surface area contributed by atoms with Crippen molar-refractivity contribution < 1.29 is 0 Å². The minimum absolute atomic E-state index is 0.248. The van der Waals surface area contributed by atoms with Crippen molar-refractivity contribution in [1.29, 1.82) is 5.26 Å². The Balaban J connectivity index is 1.93. The first kappa shape index (κ1) is 12.4. The third kappa shape index (κ3) is 2.60. The van der Waals surface area contributed by atoms with Crippen LogP contribution in [-0.4, -0.2) is 18.0 Å². The normalized spacial score (nSPS) is 42.7. The van der Waals surface area contributed by atoms with Gasteiger partial charge in [0.05, 0.1) is 6.07 Å². The Morgan fingerprint density at radius 1 is 1.25 bits per heavy atom. The molecule has 90 valence electrons. The maximum atomic E-state index is 8.63. The third-order valence-corrected chi connectivity index (χ3v) is 8.32. The van der Waals surface area contributed by atoms with Gasteiger partial charge in [0, 0.05) is 6.42 Å². The fraction of sp³-hybridized carbons (Fsp3) is 0.929. The molecule has 1 nitrogen and oxygen atoms in total. The van der Waals surface area contributed by atoms with Crippen molar-refractivity contribution >= 4 is 7.92 Å². The molecule has 0 N–H and O–H groups in total. The lowest BCUT2D eigenvalue weighted by Gasteiger charge is -2.47. The molecule has 1 saturated heterocycles. The van der Waals surface area contributed by atoms with E-state index in [4.69, 9.17) is 5.26 Å². The van der Waals surface area contributed by atoms with Gasteiger partial charge in [0.1, 0.15) is 0 Å². The molecule has 0 spiro atoms. The topological polar surface area (TPSA) is 23.8 Å². The van der Waals surface area contributed by atoms with Crippen molar-refractivity contribution in [2.45, 2.75) is 51.6 Å². The molecule has 1 saturated carbocycles. The van der Waals surface area contributed by atoms with E-state index in [9.17, 15) is 0 Å². The van der Waals surface area contributed by atoms with Gasteiger partial charge in [0.25, 0.3) is 0 Å². The number of nitrogens with zero attached hydrogens (tertiary/aromatic N) is 1. The molecule has 2 unspecified atom stereocenters. The maximum absolute atomic E-state index is 8.63. The van der Waals surface area contributed by atoms with E-state index in [-0.39, 0.29) is 7.92 Å². The minimum atomic E-state index is 0.248. The Morgan fingerprint density at radius 2 is 2.06 bits per heavy atom. The van der Waals surface area contributed by atoms with E-state index in [1.54, 1.807) is 0 Å². The molecular formula is C14H24NP. The average molecular weight is 237 g/mol. The van der Waals surface area contributed by atoms with E-state index in [2.05, 4.69) is 19.9 Å². The largest absolute Gasteiger partial charge is 0.198 e. The molecule has 1 aliphatic heterocycles. The second kappa shape index (κ2) is 5.50. The number of hydrogen-bond donors (Lipinski definition) is 0. The van der Waals surface area contributed by atoms with Gasteiger partial charge in [0.2, 0.25) is 0 Å². The fourth-order valence-corrected chi connectivity index (χ4v) is 7.45. The molecular weight excluding hydrogens is 213 g/mol. The van der Waals surface area contributed by atoms with Gasteiger partial charge in [0.15, 0.2) is 0 Å². The molecule has 2 bridgehead atoms. The van der Waals surface area contributed by atoms with Gasteiger partial charge in [-0.05, 0) is 61.4 Å². The van der Waals surface area contributed by atoms with Gasteiger partial charge in [-0.1, -0.05) is 13.8 Å². The van der Waals surface area contributed by atoms with Crippen molar-refractivity contribution in [3.63, 3.8) is 0 Å². The van der Waals surface area contributed by atoms with Crippen LogP contribution >= 0.6 is 7.92 Å². The lowest BCUT2D eigenvalue weighted by Crippen LogP contribution is -2.37. The molecule has 16 heavy (non-hydrogen) atoms. The quantitative estimate of drug-likeness (QED) is 0.532. The van der Waals surface area contributed by atoms with Crippen molar-refractivity contribution in [3.8, 4) is 6.07 Å². The molecule has 5 atom stereocenters. The molecule has 0 amide bonds. The van der Waals surface area contributed by atoms with Crippen LogP contribution in [-0.2, 0) is 0 Å². The van der Waals surface area contributed by atoms with Crippen LogP contribution in [0.5, 0.6) is 0 Å². The van der Waals surface area contributed by atoms with Crippen molar-refractivity contribution in [2.24, 2.45) is 17.8 Å². The molecule has 1 aliphatic carbocycles. The van der Waals surface area contributed by atoms with Crippen molar-refractivity contribution in [1.82, 2.24) is 0 Å². The second-order valence-electron chi connectivity index (χ2n) is 5.85. The monoisotopic (exact) mass is 237 g/mol. The van der Waals surface area contributed by atoms with Gasteiger partial charge >= 0.3 is 0 Å². The third-order valence-electron chi connectivity index (χ3n) is 4.72. The first-order chi connectivity index (χ1) is 7.72. The summed E-state index contributed by atoms with van der Waals surface area (Å²) in [5.74, 6) is 2.98. The zero-order chi connectivity index (χ0) is 11.5. The SMILES string of the molecule is CC1CP(CCCC#N)[C@H]2C[C@@H]1CC[C@@H]2C. The Morgan fingerprint density at radius 3 is 2.81 bits per heavy atom. The van der Waals surface area contributed by atoms with Crippen LogP contribution in [0.2, 0.25) is 0 Å². The van der Waals surface area contributed by atoms with Crippen molar-refractivity contribution in [2.75, 3.05) is 12.3 Å². The summed E-state index contributed by atoms with van der Waals surface area (Å²) >= 11 is 0. The highest BCUT2D eigenvalue weighted by Crippen LogP contribution is 2.58. The van der Waals surface area contributed by atoms with Crippen LogP contribution in [0.15, 0.2) is 0 Å². The standard InChI is InChI=1S/C14H24NP/c1-11-5-6-13-9-14(11)16(10-12(13)2)8-4-3-7-15/h11-14H,3-6,8-10H2,1-2H3/t11-,12?,13-,14-,16?/m0/s1. The van der Waals surface area contributed by atoms with Crippen LogP contribution in [0.1, 0.15) is 46.0 Å². The molecule has 2 rings (SSSR count). The van der Waals surface area contributed by atoms with Crippen LogP contribution in [0.4, 0.5) is 0 Å². The molecule has 2 heteroatoms. The predicted molar refractivity (Wildman–Crippen MR) is 71.0 cm³/mol. The zero-order valence-corrected chi connectivity index (χ0v) is 11.5. The van der Waals surface area contributed by atoms with Gasteiger partial charge in [-0.3, -0.25) is 0 Å². The summed E-state index contributed by atoms with van der Waals surface area (Å²) in [4.78, 5) is 0. The van der Waals surface area contributed by atoms with E-state index in [0.717, 1.165) is 36.3 Å². The lowest BCUT2D eigenvalue weighted by molar-refractivity contribution is 0.226. The van der Waals surface area contributed by atoms with Crippen molar-refractivity contribution in [3.05, 3.63) is 0 Å². The highest BCUT2D eigenvalue weighted by molar-refractivity contribution is 7.58. The Hall–Kier alpha value is -0.0800. The van der Waals surface area contributed by atoms with Gasteiger partial charge in [-0.2, -0.15) is 5.26 Å². The fourth-order valence-electron chi connectivity index (χ4n) is 3.63. The minimum Gasteiger partial charge on any atom is -0.198 e. The molecule has 0 aromatic carbocycles. The molecule has 2 aliphatic rings. The lowest BCUT2D eigenvalue weighted by atomic mass is 9.76. The number of nitriles is 1. The molecule has 2 fully saturated rings. The van der Waals surface area contributed by atoms with Crippen LogP contribution < -0.4 is 0 Å². The van der Waals surface area contributed by atoms with Gasteiger partial charge < -0.3 is 0 Å². The van der Waals surface area contributed by atoms with Crippen LogP contribution in [0, 0.1) is 29.1 Å². The number of unbranched alkanes of at least 4 members (excludes halogenated alkanes) is 1. The second-order valence-corrected chi connectivity index (χ2v) is 8.50. The summed E-state index contributed by atoms with van der Waals surface area (Å²) in [6.45, 7) is 4.94. The van der Waals surface area contributed by atoms with Crippen LogP contribution in [0.25, 0.3) is 0 Å². The maximum Gasteiger partial charge on any atom is 0.0621 e. The Kier molecular flexibility index (Phi) is 4.26. The highest BCUT2D eigenvalue weighted by Gasteiger charge is 2.39. The average Bonchev–Trinajstić information content (AvgIpc) is 2.28. The zero-order valence-electron chi connectivity index (χ0n) is 10.7. The molecule has 0 aromatic rings. The molecule has 0 radical (unpaired) electrons. The summed E-state index contributed by atoms with van der Waals surface area (Å²) in [5, 5.41) is 8.63. The Labute approximate surface area is 101 Å². The van der Waals surface area contributed by atoms with Crippen LogP contribution in [0.3, 0.4) is 0 Å². The number of hydrogen-bond acceptors (Lipinski definition) is 1. The Bertz CT molecular complexity index is 270. The predicted octanol–water partition coefficient (Wildman–Crippen LogP) is 4.23. The first-order valence-corrected chi connectivity index (χ1v) is 8.61. The summed E-state index contributed by atoms with van der Waals surface area (Å²) in [6, 6.07) is 2.30. The molecule has 1 heterocycles. The van der Waals surface area contributed by atoms with Gasteiger partial charge in [-0.25, -0.2) is 0 Å². The summed E-state index contributed by atoms with van der Waals surface area (Å²) in [6.07, 6.45) is 9.27. The highest BCUT2D eigenvalue weighted by atomic mass is 31.1. The van der Waals surface area contributed by atoms with E-state index < -0.39 is 0 Å². The number of rotatable bonds is 3. The van der Waals surface area contributed by atoms with E-state index in [1.807, 2.05) is 0 Å². The summed E-state index contributed by atoms with van der Waals surface area (Å²) in [7, 11) is 0.248. The first-order valence-electron chi connectivity index (χ1n) is 6.83. The summed E-state index contributed by atoms with van der Waals surface area (Å²) < 4.78 is 0. The van der Waals surface area contributed by atoms with E-state index in [1.165, 1.54) is 31.6 Å². The number of fused-ring (bicyclic) bond motifs is 2. The molecule has 0 aromatic heterocycles. The smallest absolute Gasteiger partial charge is 0.0621 e.